The summed E-state index contributed by atoms with van der Waals surface area (Å²) in [4.78, 5) is 12.7. The third kappa shape index (κ3) is 4.12. The topological polar surface area (TPSA) is 40.5 Å². The maximum atomic E-state index is 12.7. The van der Waals surface area contributed by atoms with Gasteiger partial charge in [-0.05, 0) is 56.3 Å². The van der Waals surface area contributed by atoms with E-state index in [1.807, 2.05) is 48.7 Å². The van der Waals surface area contributed by atoms with E-state index >= 15 is 0 Å². The van der Waals surface area contributed by atoms with Gasteiger partial charge in [-0.2, -0.15) is 0 Å². The standard InChI is InChI=1S/C21H19Cl2NO3/c1-13-10-18(14(2)24(13)16-5-7-17(26-3)8-6-16)20(25)12-27-21-11-15(22)4-9-19(21)23/h4-11H,12H2,1-3H3. The number of benzene rings is 2. The molecule has 0 radical (unpaired) electrons. The minimum atomic E-state index is -0.126. The highest BCUT2D eigenvalue weighted by Gasteiger charge is 2.18. The monoisotopic (exact) mass is 403 g/mol. The average molecular weight is 404 g/mol. The van der Waals surface area contributed by atoms with Crippen molar-refractivity contribution in [2.75, 3.05) is 13.7 Å². The Balaban J connectivity index is 1.82. The van der Waals surface area contributed by atoms with Gasteiger partial charge in [0.2, 0.25) is 5.78 Å². The van der Waals surface area contributed by atoms with Gasteiger partial charge in [-0.15, -0.1) is 0 Å². The van der Waals surface area contributed by atoms with E-state index in [1.165, 1.54) is 0 Å². The zero-order chi connectivity index (χ0) is 19.6. The third-order valence-electron chi connectivity index (χ3n) is 4.31. The molecule has 0 atom stereocenters. The van der Waals surface area contributed by atoms with Crippen molar-refractivity contribution in [3.8, 4) is 17.2 Å². The lowest BCUT2D eigenvalue weighted by Crippen LogP contribution is -2.13. The molecule has 0 unspecified atom stereocenters. The first-order valence-electron chi connectivity index (χ1n) is 8.35. The summed E-state index contributed by atoms with van der Waals surface area (Å²) in [6, 6.07) is 14.5. The zero-order valence-electron chi connectivity index (χ0n) is 15.3. The normalized spacial score (nSPS) is 10.7. The van der Waals surface area contributed by atoms with Gasteiger partial charge in [0, 0.05) is 33.7 Å². The number of halogens is 2. The summed E-state index contributed by atoms with van der Waals surface area (Å²) in [5.41, 5.74) is 3.38. The predicted molar refractivity (Wildman–Crippen MR) is 108 cm³/mol. The summed E-state index contributed by atoms with van der Waals surface area (Å²) in [6.45, 7) is 3.76. The smallest absolute Gasteiger partial charge is 0.202 e. The molecule has 2 aromatic carbocycles. The molecule has 1 aromatic heterocycles. The van der Waals surface area contributed by atoms with Crippen molar-refractivity contribution in [3.05, 3.63) is 75.5 Å². The summed E-state index contributed by atoms with van der Waals surface area (Å²) in [6.07, 6.45) is 0. The molecule has 27 heavy (non-hydrogen) atoms. The molecule has 0 saturated heterocycles. The van der Waals surface area contributed by atoms with Crippen molar-refractivity contribution in [2.45, 2.75) is 13.8 Å². The highest BCUT2D eigenvalue weighted by molar-refractivity contribution is 6.34. The average Bonchev–Trinajstić information content (AvgIpc) is 2.96. The molecule has 0 saturated carbocycles. The molecule has 4 nitrogen and oxygen atoms in total. The highest BCUT2D eigenvalue weighted by atomic mass is 35.5. The Morgan fingerprint density at radius 2 is 1.74 bits per heavy atom. The molecule has 140 valence electrons. The fourth-order valence-corrected chi connectivity index (χ4v) is 3.32. The second-order valence-corrected chi connectivity index (χ2v) is 6.95. The second kappa shape index (κ2) is 8.07. The Bertz CT molecular complexity index is 978. The molecule has 0 amide bonds. The van der Waals surface area contributed by atoms with Crippen LogP contribution in [-0.2, 0) is 0 Å². The molecule has 0 bridgehead atoms. The molecule has 1 heterocycles. The number of ether oxygens (including phenoxy) is 2. The van der Waals surface area contributed by atoms with E-state index in [1.54, 1.807) is 25.3 Å². The fraction of sp³-hybridized carbons (Fsp3) is 0.190. The fourth-order valence-electron chi connectivity index (χ4n) is 2.98. The van der Waals surface area contributed by atoms with Crippen molar-refractivity contribution in [1.29, 1.82) is 0 Å². The summed E-state index contributed by atoms with van der Waals surface area (Å²) in [5.74, 6) is 1.05. The van der Waals surface area contributed by atoms with E-state index in [0.717, 1.165) is 22.8 Å². The van der Waals surface area contributed by atoms with Crippen LogP contribution in [-0.4, -0.2) is 24.1 Å². The van der Waals surface area contributed by atoms with Gasteiger partial charge >= 0.3 is 0 Å². The molecule has 0 fully saturated rings. The summed E-state index contributed by atoms with van der Waals surface area (Å²) in [7, 11) is 1.63. The molecule has 3 rings (SSSR count). The van der Waals surface area contributed by atoms with Crippen LogP contribution in [0.15, 0.2) is 48.5 Å². The zero-order valence-corrected chi connectivity index (χ0v) is 16.8. The minimum Gasteiger partial charge on any atom is -0.497 e. The first-order chi connectivity index (χ1) is 12.9. The maximum Gasteiger partial charge on any atom is 0.202 e. The SMILES string of the molecule is COc1ccc(-n2c(C)cc(C(=O)COc3cc(Cl)ccc3Cl)c2C)cc1. The molecule has 0 aliphatic heterocycles. The van der Waals surface area contributed by atoms with Gasteiger partial charge in [-0.3, -0.25) is 4.79 Å². The molecule has 0 aliphatic rings. The number of carbonyl (C=O) groups is 1. The molecule has 0 aliphatic carbocycles. The molecule has 0 N–H and O–H groups in total. The maximum absolute atomic E-state index is 12.7. The molecule has 6 heteroatoms. The summed E-state index contributed by atoms with van der Waals surface area (Å²) >= 11 is 12.0. The van der Waals surface area contributed by atoms with Gasteiger partial charge in [0.25, 0.3) is 0 Å². The number of Topliss-reactive ketones (excluding diaryl/α,β-unsaturated/α-hetero) is 1. The van der Waals surface area contributed by atoms with Crippen LogP contribution >= 0.6 is 23.2 Å². The lowest BCUT2D eigenvalue weighted by atomic mass is 10.1. The Kier molecular flexibility index (Phi) is 5.78. The Hall–Kier alpha value is -2.43. The Morgan fingerprint density at radius 3 is 2.41 bits per heavy atom. The number of hydrogen-bond donors (Lipinski definition) is 0. The number of aryl methyl sites for hydroxylation is 1. The van der Waals surface area contributed by atoms with E-state index in [0.29, 0.717) is 21.4 Å². The number of ketones is 1. The molecular weight excluding hydrogens is 385 g/mol. The molecule has 0 spiro atoms. The van der Waals surface area contributed by atoms with Crippen molar-refractivity contribution in [3.63, 3.8) is 0 Å². The second-order valence-electron chi connectivity index (χ2n) is 6.10. The van der Waals surface area contributed by atoms with Crippen LogP contribution in [0.5, 0.6) is 11.5 Å². The van der Waals surface area contributed by atoms with Gasteiger partial charge in [-0.1, -0.05) is 23.2 Å². The van der Waals surface area contributed by atoms with E-state index in [9.17, 15) is 4.79 Å². The number of methoxy groups -OCH3 is 1. The van der Waals surface area contributed by atoms with Crippen LogP contribution in [0.25, 0.3) is 5.69 Å². The van der Waals surface area contributed by atoms with Crippen LogP contribution in [0.4, 0.5) is 0 Å². The molecule has 3 aromatic rings. The van der Waals surface area contributed by atoms with Crippen molar-refractivity contribution in [2.24, 2.45) is 0 Å². The van der Waals surface area contributed by atoms with Crippen molar-refractivity contribution < 1.29 is 14.3 Å². The number of hydrogen-bond acceptors (Lipinski definition) is 3. The quantitative estimate of drug-likeness (QED) is 0.497. The van der Waals surface area contributed by atoms with Crippen molar-refractivity contribution >= 4 is 29.0 Å². The first kappa shape index (κ1) is 19.3. The number of carbonyl (C=O) groups excluding carboxylic acids is 1. The Labute approximate surface area is 168 Å². The number of rotatable bonds is 6. The van der Waals surface area contributed by atoms with E-state index < -0.39 is 0 Å². The molecular formula is C21H19Cl2NO3. The van der Waals surface area contributed by atoms with Crippen LogP contribution in [0.1, 0.15) is 21.7 Å². The lowest BCUT2D eigenvalue weighted by Gasteiger charge is -2.11. The van der Waals surface area contributed by atoms with Crippen LogP contribution < -0.4 is 9.47 Å². The van der Waals surface area contributed by atoms with E-state index in [2.05, 4.69) is 0 Å². The first-order valence-corrected chi connectivity index (χ1v) is 9.10. The predicted octanol–water partition coefficient (Wildman–Crippen LogP) is 5.67. The van der Waals surface area contributed by atoms with Crippen LogP contribution in [0.2, 0.25) is 10.0 Å². The van der Waals surface area contributed by atoms with E-state index in [-0.39, 0.29) is 12.4 Å². The third-order valence-corrected chi connectivity index (χ3v) is 4.86. The van der Waals surface area contributed by atoms with Gasteiger partial charge in [0.15, 0.2) is 6.61 Å². The highest BCUT2D eigenvalue weighted by Crippen LogP contribution is 2.28. The summed E-state index contributed by atoms with van der Waals surface area (Å²) < 4.78 is 12.8. The number of aromatic nitrogens is 1. The largest absolute Gasteiger partial charge is 0.497 e. The van der Waals surface area contributed by atoms with Gasteiger partial charge in [-0.25, -0.2) is 0 Å². The van der Waals surface area contributed by atoms with Crippen molar-refractivity contribution in [1.82, 2.24) is 4.57 Å². The van der Waals surface area contributed by atoms with Crippen LogP contribution in [0, 0.1) is 13.8 Å². The number of nitrogens with zero attached hydrogens (tertiary/aromatic N) is 1. The van der Waals surface area contributed by atoms with E-state index in [4.69, 9.17) is 32.7 Å². The minimum absolute atomic E-state index is 0.118. The Morgan fingerprint density at radius 1 is 1.04 bits per heavy atom. The van der Waals surface area contributed by atoms with Gasteiger partial charge in [0.05, 0.1) is 12.1 Å². The van der Waals surface area contributed by atoms with Crippen LogP contribution in [0.3, 0.4) is 0 Å². The van der Waals surface area contributed by atoms with Gasteiger partial charge in [0.1, 0.15) is 11.5 Å². The summed E-state index contributed by atoms with van der Waals surface area (Å²) in [5, 5.41) is 0.912. The van der Waals surface area contributed by atoms with Gasteiger partial charge < -0.3 is 14.0 Å². The lowest BCUT2D eigenvalue weighted by molar-refractivity contribution is 0.0921.